The third-order valence-electron chi connectivity index (χ3n) is 3.52. The van der Waals surface area contributed by atoms with E-state index >= 15 is 0 Å². The highest BCUT2D eigenvalue weighted by Gasteiger charge is 2.19. The summed E-state index contributed by atoms with van der Waals surface area (Å²) in [5.41, 5.74) is 5.74. The quantitative estimate of drug-likeness (QED) is 0.746. The third-order valence-corrected chi connectivity index (χ3v) is 3.52. The van der Waals surface area contributed by atoms with Crippen molar-refractivity contribution in [1.82, 2.24) is 9.55 Å². The number of aromatic nitrogens is 2. The summed E-state index contributed by atoms with van der Waals surface area (Å²) in [4.78, 5) is 16.3. The van der Waals surface area contributed by atoms with Crippen molar-refractivity contribution in [2.45, 2.75) is 59.4 Å². The van der Waals surface area contributed by atoms with Crippen molar-refractivity contribution in [3.63, 3.8) is 0 Å². The monoisotopic (exact) mass is 265 g/mol. The molecule has 0 aliphatic carbocycles. The summed E-state index contributed by atoms with van der Waals surface area (Å²) in [5.74, 6) is 1.16. The summed E-state index contributed by atoms with van der Waals surface area (Å²) in [6.07, 6.45) is 7.71. The zero-order chi connectivity index (χ0) is 14.3. The predicted octanol–water partition coefficient (Wildman–Crippen LogP) is 2.56. The number of nitrogens with zero attached hydrogens (tertiary/aromatic N) is 2. The molecule has 0 aromatic carbocycles. The lowest BCUT2D eigenvalue weighted by Crippen LogP contribution is -2.19. The second-order valence-corrected chi connectivity index (χ2v) is 5.96. The van der Waals surface area contributed by atoms with Crippen LogP contribution in [0.1, 0.15) is 52.3 Å². The first kappa shape index (κ1) is 15.9. The second kappa shape index (κ2) is 7.43. The Labute approximate surface area is 116 Å². The fourth-order valence-electron chi connectivity index (χ4n) is 2.21. The van der Waals surface area contributed by atoms with Gasteiger partial charge in [0.2, 0.25) is 0 Å². The molecule has 4 nitrogen and oxygen atoms in total. The summed E-state index contributed by atoms with van der Waals surface area (Å²) in [7, 11) is 0. The van der Waals surface area contributed by atoms with E-state index in [0.717, 1.165) is 31.6 Å². The van der Waals surface area contributed by atoms with Crippen LogP contribution in [0.5, 0.6) is 0 Å². The molecule has 1 heterocycles. The molecule has 0 unspecified atom stereocenters. The van der Waals surface area contributed by atoms with Crippen molar-refractivity contribution < 1.29 is 4.79 Å². The van der Waals surface area contributed by atoms with Crippen molar-refractivity contribution in [3.8, 4) is 0 Å². The van der Waals surface area contributed by atoms with Crippen molar-refractivity contribution >= 4 is 5.78 Å². The number of carbonyl (C=O) groups excluding carboxylic acids is 1. The number of ketones is 1. The van der Waals surface area contributed by atoms with Gasteiger partial charge in [-0.25, -0.2) is 4.98 Å². The molecule has 0 atom stereocenters. The lowest BCUT2D eigenvalue weighted by atomic mass is 9.83. The molecule has 1 aromatic heterocycles. The van der Waals surface area contributed by atoms with E-state index in [-0.39, 0.29) is 11.2 Å². The van der Waals surface area contributed by atoms with Crippen LogP contribution >= 0.6 is 0 Å². The summed E-state index contributed by atoms with van der Waals surface area (Å²) >= 11 is 0. The van der Waals surface area contributed by atoms with Crippen LogP contribution in [0.15, 0.2) is 12.4 Å². The predicted molar refractivity (Wildman–Crippen MR) is 77.9 cm³/mol. The molecular weight excluding hydrogens is 238 g/mol. The average molecular weight is 265 g/mol. The summed E-state index contributed by atoms with van der Waals surface area (Å²) in [6.45, 7) is 8.08. The molecule has 2 N–H and O–H groups in total. The molecular formula is C15H27N3O. The Morgan fingerprint density at radius 1 is 1.42 bits per heavy atom. The first-order chi connectivity index (χ1) is 8.98. The molecule has 0 aliphatic heterocycles. The first-order valence-electron chi connectivity index (χ1n) is 7.20. The Morgan fingerprint density at radius 3 is 2.79 bits per heavy atom. The van der Waals surface area contributed by atoms with Crippen LogP contribution in [0.2, 0.25) is 0 Å². The van der Waals surface area contributed by atoms with Crippen LogP contribution < -0.4 is 5.73 Å². The molecule has 4 heteroatoms. The number of aryl methyl sites for hydroxylation is 1. The standard InChI is InChI=1S/C15H27N3O/c1-4-10-18-11-9-17-14(18)12-13(19)5-6-15(2,3)7-8-16/h9,11H,4-8,10,12,16H2,1-3H3. The SMILES string of the molecule is CCCn1ccnc1CC(=O)CCC(C)(C)CCN. The highest BCUT2D eigenvalue weighted by atomic mass is 16.1. The molecule has 0 fully saturated rings. The zero-order valence-electron chi connectivity index (χ0n) is 12.5. The number of rotatable bonds is 9. The minimum Gasteiger partial charge on any atom is -0.335 e. The third kappa shape index (κ3) is 5.55. The second-order valence-electron chi connectivity index (χ2n) is 5.96. The van der Waals surface area contributed by atoms with Crippen LogP contribution in [-0.4, -0.2) is 21.9 Å². The number of imidazole rings is 1. The van der Waals surface area contributed by atoms with Gasteiger partial charge in [-0.05, 0) is 31.2 Å². The van der Waals surface area contributed by atoms with Gasteiger partial charge < -0.3 is 10.3 Å². The Kier molecular flexibility index (Phi) is 6.22. The zero-order valence-corrected chi connectivity index (χ0v) is 12.5. The van der Waals surface area contributed by atoms with Gasteiger partial charge in [0.1, 0.15) is 11.6 Å². The lowest BCUT2D eigenvalue weighted by Gasteiger charge is -2.23. The Balaban J connectivity index is 2.45. The Morgan fingerprint density at radius 2 is 2.16 bits per heavy atom. The average Bonchev–Trinajstić information content (AvgIpc) is 2.75. The van der Waals surface area contributed by atoms with Gasteiger partial charge >= 0.3 is 0 Å². The van der Waals surface area contributed by atoms with Gasteiger partial charge in [0.25, 0.3) is 0 Å². The first-order valence-corrected chi connectivity index (χ1v) is 7.20. The van der Waals surface area contributed by atoms with Crippen LogP contribution in [0.25, 0.3) is 0 Å². The van der Waals surface area contributed by atoms with Gasteiger partial charge in [0.05, 0.1) is 6.42 Å². The van der Waals surface area contributed by atoms with E-state index in [1.54, 1.807) is 6.20 Å². The molecule has 0 aliphatic rings. The van der Waals surface area contributed by atoms with E-state index in [9.17, 15) is 4.79 Å². The fourth-order valence-corrected chi connectivity index (χ4v) is 2.21. The van der Waals surface area contributed by atoms with E-state index in [1.165, 1.54) is 0 Å². The van der Waals surface area contributed by atoms with Crippen molar-refractivity contribution in [2.24, 2.45) is 11.1 Å². The van der Waals surface area contributed by atoms with E-state index in [1.807, 2.05) is 6.20 Å². The molecule has 0 saturated carbocycles. The molecule has 19 heavy (non-hydrogen) atoms. The molecule has 0 spiro atoms. The van der Waals surface area contributed by atoms with Crippen LogP contribution in [-0.2, 0) is 17.8 Å². The number of carbonyl (C=O) groups is 1. The van der Waals surface area contributed by atoms with Crippen LogP contribution in [0, 0.1) is 5.41 Å². The van der Waals surface area contributed by atoms with Crippen LogP contribution in [0.4, 0.5) is 0 Å². The lowest BCUT2D eigenvalue weighted by molar-refractivity contribution is -0.119. The maximum atomic E-state index is 12.0. The smallest absolute Gasteiger partial charge is 0.140 e. The maximum absolute atomic E-state index is 12.0. The van der Waals surface area contributed by atoms with E-state index in [4.69, 9.17) is 5.73 Å². The van der Waals surface area contributed by atoms with Gasteiger partial charge in [-0.15, -0.1) is 0 Å². The Bertz CT molecular complexity index is 396. The minimum atomic E-state index is 0.156. The molecule has 0 amide bonds. The van der Waals surface area contributed by atoms with Gasteiger partial charge in [-0.3, -0.25) is 4.79 Å². The van der Waals surface area contributed by atoms with Gasteiger partial charge in [0, 0.05) is 25.4 Å². The number of hydrogen-bond acceptors (Lipinski definition) is 3. The molecule has 1 rings (SSSR count). The van der Waals surface area contributed by atoms with Crippen molar-refractivity contribution in [2.75, 3.05) is 6.54 Å². The minimum absolute atomic E-state index is 0.156. The molecule has 1 aromatic rings. The van der Waals surface area contributed by atoms with E-state index in [2.05, 4.69) is 30.3 Å². The van der Waals surface area contributed by atoms with Crippen molar-refractivity contribution in [1.29, 1.82) is 0 Å². The van der Waals surface area contributed by atoms with Gasteiger partial charge in [-0.2, -0.15) is 0 Å². The van der Waals surface area contributed by atoms with Gasteiger partial charge in [0.15, 0.2) is 0 Å². The van der Waals surface area contributed by atoms with Gasteiger partial charge in [-0.1, -0.05) is 20.8 Å². The number of Topliss-reactive ketones (excluding diaryl/α,β-unsaturated/α-hetero) is 1. The van der Waals surface area contributed by atoms with Crippen LogP contribution in [0.3, 0.4) is 0 Å². The summed E-state index contributed by atoms with van der Waals surface area (Å²) in [6, 6.07) is 0. The number of hydrogen-bond donors (Lipinski definition) is 1. The topological polar surface area (TPSA) is 60.9 Å². The van der Waals surface area contributed by atoms with Crippen molar-refractivity contribution in [3.05, 3.63) is 18.2 Å². The fraction of sp³-hybridized carbons (Fsp3) is 0.733. The molecule has 108 valence electrons. The summed E-state index contributed by atoms with van der Waals surface area (Å²) < 4.78 is 2.07. The molecule has 0 radical (unpaired) electrons. The maximum Gasteiger partial charge on any atom is 0.140 e. The highest BCUT2D eigenvalue weighted by molar-refractivity contribution is 5.80. The summed E-state index contributed by atoms with van der Waals surface area (Å²) in [5, 5.41) is 0. The molecule has 0 bridgehead atoms. The largest absolute Gasteiger partial charge is 0.335 e. The van der Waals surface area contributed by atoms with E-state index < -0.39 is 0 Å². The van der Waals surface area contributed by atoms with E-state index in [0.29, 0.717) is 19.4 Å². The normalized spacial score (nSPS) is 11.8. The molecule has 0 saturated heterocycles. The number of nitrogens with two attached hydrogens (primary N) is 1. The Hall–Kier alpha value is -1.16. The highest BCUT2D eigenvalue weighted by Crippen LogP contribution is 2.26.